The number of furan rings is 1. The van der Waals surface area contributed by atoms with Crippen molar-refractivity contribution in [1.29, 1.82) is 0 Å². The van der Waals surface area contributed by atoms with Gasteiger partial charge in [0.05, 0.1) is 0 Å². The van der Waals surface area contributed by atoms with E-state index in [9.17, 15) is 9.50 Å². The Labute approximate surface area is 229 Å². The average molecular weight is 614 g/mol. The van der Waals surface area contributed by atoms with Crippen LogP contribution in [0.5, 0.6) is 5.75 Å². The lowest BCUT2D eigenvalue weighted by Gasteiger charge is -2.10. The molecule has 0 unspecified atom stereocenters. The van der Waals surface area contributed by atoms with Crippen LogP contribution < -0.4 is 0 Å². The number of hydrogen-bond acceptors (Lipinski definition) is 2. The fraction of sp³-hybridized carbons (Fsp3) is 0. The summed E-state index contributed by atoms with van der Waals surface area (Å²) in [6, 6.07) is 34.4. The molecule has 37 heavy (non-hydrogen) atoms. The highest BCUT2D eigenvalue weighted by atomic mass is 79.9. The Morgan fingerprint density at radius 3 is 2.03 bits per heavy atom. The third-order valence-corrected chi connectivity index (χ3v) is 7.41. The number of aromatic hydroxyl groups is 1. The van der Waals surface area contributed by atoms with Crippen LogP contribution in [0.15, 0.2) is 123 Å². The van der Waals surface area contributed by atoms with Gasteiger partial charge in [-0.1, -0.05) is 92.5 Å². The summed E-state index contributed by atoms with van der Waals surface area (Å²) in [6.07, 6.45) is 0. The maximum atomic E-state index is 14.0. The third kappa shape index (κ3) is 4.39. The molecule has 0 radical (unpaired) electrons. The fourth-order valence-electron chi connectivity index (χ4n) is 4.75. The number of hydrogen-bond donors (Lipinski definition) is 1. The standard InChI is InChI=1S/C16H10BrFO.C16H9BrO/c17-11-6-7-14(18)13(9-11)16-12-4-2-1-3-10(12)5-8-15(16)19;17-11-6-8-14-13(9-11)16-12-4-2-1-3-10(12)5-7-15(16)18-14/h1-9,19H;1-9H. The summed E-state index contributed by atoms with van der Waals surface area (Å²) in [5, 5.41) is 16.7. The van der Waals surface area contributed by atoms with Crippen molar-refractivity contribution < 1.29 is 13.9 Å². The number of phenols is 1. The Morgan fingerprint density at radius 1 is 0.595 bits per heavy atom. The van der Waals surface area contributed by atoms with Crippen molar-refractivity contribution in [3.63, 3.8) is 0 Å². The van der Waals surface area contributed by atoms with Gasteiger partial charge in [-0.2, -0.15) is 0 Å². The molecule has 7 rings (SSSR count). The van der Waals surface area contributed by atoms with Crippen LogP contribution in [0.2, 0.25) is 0 Å². The van der Waals surface area contributed by atoms with E-state index in [1.807, 2.05) is 48.5 Å². The zero-order chi connectivity index (χ0) is 25.5. The van der Waals surface area contributed by atoms with Crippen LogP contribution in [0.3, 0.4) is 0 Å². The van der Waals surface area contributed by atoms with Gasteiger partial charge in [0.15, 0.2) is 0 Å². The van der Waals surface area contributed by atoms with Crippen molar-refractivity contribution >= 4 is 75.3 Å². The summed E-state index contributed by atoms with van der Waals surface area (Å²) < 4.78 is 21.8. The predicted molar refractivity (Wildman–Crippen MR) is 158 cm³/mol. The van der Waals surface area contributed by atoms with E-state index in [-0.39, 0.29) is 11.6 Å². The Balaban J connectivity index is 0.000000136. The van der Waals surface area contributed by atoms with Crippen molar-refractivity contribution in [2.45, 2.75) is 0 Å². The Morgan fingerprint density at radius 2 is 1.22 bits per heavy atom. The normalized spacial score (nSPS) is 11.2. The molecule has 0 bridgehead atoms. The van der Waals surface area contributed by atoms with Gasteiger partial charge in [-0.3, -0.25) is 0 Å². The molecule has 0 atom stereocenters. The molecule has 0 saturated carbocycles. The summed E-state index contributed by atoms with van der Waals surface area (Å²) in [4.78, 5) is 0. The molecule has 6 aromatic carbocycles. The average Bonchev–Trinajstić information content (AvgIpc) is 3.29. The Bertz CT molecular complexity index is 1940. The van der Waals surface area contributed by atoms with Crippen LogP contribution in [0.4, 0.5) is 4.39 Å². The lowest BCUT2D eigenvalue weighted by Crippen LogP contribution is -1.87. The Kier molecular flexibility index (Phi) is 6.19. The molecule has 2 nitrogen and oxygen atoms in total. The van der Waals surface area contributed by atoms with Gasteiger partial charge in [0.25, 0.3) is 0 Å². The van der Waals surface area contributed by atoms with Gasteiger partial charge >= 0.3 is 0 Å². The van der Waals surface area contributed by atoms with Gasteiger partial charge in [0, 0.05) is 30.8 Å². The zero-order valence-electron chi connectivity index (χ0n) is 19.4. The quantitative estimate of drug-likeness (QED) is 0.200. The van der Waals surface area contributed by atoms with E-state index in [1.165, 1.54) is 22.2 Å². The summed E-state index contributed by atoms with van der Waals surface area (Å²) in [7, 11) is 0. The second-order valence-corrected chi connectivity index (χ2v) is 10.5. The Hall–Kier alpha value is -3.67. The molecule has 1 N–H and O–H groups in total. The molecule has 1 heterocycles. The van der Waals surface area contributed by atoms with E-state index >= 15 is 0 Å². The fourth-order valence-corrected chi connectivity index (χ4v) is 5.47. The summed E-state index contributed by atoms with van der Waals surface area (Å²) in [5.41, 5.74) is 2.80. The van der Waals surface area contributed by atoms with Crippen LogP contribution in [0, 0.1) is 5.82 Å². The van der Waals surface area contributed by atoms with E-state index in [2.05, 4.69) is 68.3 Å². The second kappa shape index (κ2) is 9.66. The first-order valence-corrected chi connectivity index (χ1v) is 13.2. The molecule has 5 heteroatoms. The highest BCUT2D eigenvalue weighted by Gasteiger charge is 2.14. The third-order valence-electron chi connectivity index (χ3n) is 6.43. The number of fused-ring (bicyclic) bond motifs is 6. The largest absolute Gasteiger partial charge is 0.507 e. The van der Waals surface area contributed by atoms with E-state index in [0.29, 0.717) is 11.1 Å². The molecule has 0 aliphatic heterocycles. The summed E-state index contributed by atoms with van der Waals surface area (Å²) in [5.74, 6) is -0.273. The molecular weight excluding hydrogens is 595 g/mol. The van der Waals surface area contributed by atoms with Crippen LogP contribution in [0.1, 0.15) is 0 Å². The van der Waals surface area contributed by atoms with Gasteiger partial charge in [0.1, 0.15) is 22.7 Å². The van der Waals surface area contributed by atoms with Crippen molar-refractivity contribution in [1.82, 2.24) is 0 Å². The lowest BCUT2D eigenvalue weighted by atomic mass is 9.97. The van der Waals surface area contributed by atoms with Crippen molar-refractivity contribution in [3.8, 4) is 16.9 Å². The number of phenolic OH excluding ortho intramolecular Hbond substituents is 1. The SMILES string of the molecule is Brc1ccc2oc3ccc4ccccc4c3c2c1.Oc1ccc2ccccc2c1-c1cc(Br)ccc1F. The topological polar surface area (TPSA) is 33.4 Å². The minimum atomic E-state index is -0.352. The first-order chi connectivity index (χ1) is 18.0. The molecule has 0 fully saturated rings. The zero-order valence-corrected chi connectivity index (χ0v) is 22.6. The van der Waals surface area contributed by atoms with Crippen LogP contribution in [0.25, 0.3) is 54.6 Å². The van der Waals surface area contributed by atoms with Crippen molar-refractivity contribution in [3.05, 3.63) is 124 Å². The smallest absolute Gasteiger partial charge is 0.136 e. The minimum Gasteiger partial charge on any atom is -0.507 e. The highest BCUT2D eigenvalue weighted by Crippen LogP contribution is 2.39. The molecular formula is C32H19Br2FO2. The van der Waals surface area contributed by atoms with Crippen molar-refractivity contribution in [2.75, 3.05) is 0 Å². The summed E-state index contributed by atoms with van der Waals surface area (Å²) >= 11 is 6.86. The lowest BCUT2D eigenvalue weighted by molar-refractivity contribution is 0.477. The minimum absolute atomic E-state index is 0.0794. The van der Waals surface area contributed by atoms with Crippen LogP contribution in [-0.2, 0) is 0 Å². The molecule has 0 aliphatic rings. The number of rotatable bonds is 1. The maximum Gasteiger partial charge on any atom is 0.136 e. The molecule has 180 valence electrons. The number of benzene rings is 6. The maximum absolute atomic E-state index is 14.0. The monoisotopic (exact) mass is 612 g/mol. The van der Waals surface area contributed by atoms with E-state index in [1.54, 1.807) is 18.2 Å². The first-order valence-electron chi connectivity index (χ1n) is 11.7. The predicted octanol–water partition coefficient (Wildman–Crippen LogP) is 10.6. The molecule has 0 aliphatic carbocycles. The van der Waals surface area contributed by atoms with E-state index in [0.717, 1.165) is 36.3 Å². The second-order valence-electron chi connectivity index (χ2n) is 8.71. The van der Waals surface area contributed by atoms with Crippen LogP contribution in [-0.4, -0.2) is 5.11 Å². The van der Waals surface area contributed by atoms with Gasteiger partial charge < -0.3 is 9.52 Å². The van der Waals surface area contributed by atoms with Crippen molar-refractivity contribution in [2.24, 2.45) is 0 Å². The molecule has 1 aromatic heterocycles. The molecule has 0 amide bonds. The van der Waals surface area contributed by atoms with Gasteiger partial charge in [-0.15, -0.1) is 0 Å². The van der Waals surface area contributed by atoms with E-state index < -0.39 is 0 Å². The van der Waals surface area contributed by atoms with E-state index in [4.69, 9.17) is 4.42 Å². The first kappa shape index (κ1) is 23.7. The molecule has 7 aromatic rings. The van der Waals surface area contributed by atoms with Gasteiger partial charge in [0.2, 0.25) is 0 Å². The van der Waals surface area contributed by atoms with Gasteiger partial charge in [-0.25, -0.2) is 4.39 Å². The highest BCUT2D eigenvalue weighted by molar-refractivity contribution is 9.10. The van der Waals surface area contributed by atoms with Gasteiger partial charge in [-0.05, 0) is 70.1 Å². The van der Waals surface area contributed by atoms with Crippen LogP contribution >= 0.6 is 31.9 Å². The molecule has 0 spiro atoms. The summed E-state index contributed by atoms with van der Waals surface area (Å²) in [6.45, 7) is 0. The number of halogens is 3. The molecule has 0 saturated heterocycles.